The van der Waals surface area contributed by atoms with Gasteiger partial charge in [-0.15, -0.1) is 0 Å². The minimum Gasteiger partial charge on any atom is -0.389 e. The first-order valence-electron chi connectivity index (χ1n) is 7.98. The molecule has 1 saturated carbocycles. The van der Waals surface area contributed by atoms with Crippen molar-refractivity contribution in [3.05, 3.63) is 35.9 Å². The van der Waals surface area contributed by atoms with Crippen molar-refractivity contribution in [1.29, 1.82) is 0 Å². The van der Waals surface area contributed by atoms with Gasteiger partial charge in [-0.3, -0.25) is 4.90 Å². The van der Waals surface area contributed by atoms with Gasteiger partial charge >= 0.3 is 0 Å². The molecule has 2 fully saturated rings. The SMILES string of the molecule is OC(COCc1ccccc1)CN1CCOC2CCCC21. The van der Waals surface area contributed by atoms with Crippen LogP contribution in [0.4, 0.5) is 0 Å². The first-order chi connectivity index (χ1) is 10.3. The van der Waals surface area contributed by atoms with Crippen LogP contribution in [0.15, 0.2) is 30.3 Å². The molecule has 3 atom stereocenters. The lowest BCUT2D eigenvalue weighted by molar-refractivity contribution is -0.0758. The maximum absolute atomic E-state index is 10.2. The summed E-state index contributed by atoms with van der Waals surface area (Å²) in [6.45, 7) is 3.37. The highest BCUT2D eigenvalue weighted by Crippen LogP contribution is 2.29. The summed E-state index contributed by atoms with van der Waals surface area (Å²) in [6.07, 6.45) is 3.57. The number of morpholine rings is 1. The van der Waals surface area contributed by atoms with E-state index in [-0.39, 0.29) is 0 Å². The maximum atomic E-state index is 10.2. The quantitative estimate of drug-likeness (QED) is 0.868. The molecular weight excluding hydrogens is 266 g/mol. The number of nitrogens with zero attached hydrogens (tertiary/aromatic N) is 1. The summed E-state index contributed by atoms with van der Waals surface area (Å²) in [5.41, 5.74) is 1.15. The third kappa shape index (κ3) is 4.04. The number of fused-ring (bicyclic) bond motifs is 1. The molecule has 1 aliphatic carbocycles. The van der Waals surface area contributed by atoms with Crippen LogP contribution < -0.4 is 0 Å². The highest BCUT2D eigenvalue weighted by atomic mass is 16.5. The summed E-state index contributed by atoms with van der Waals surface area (Å²) in [5.74, 6) is 0. The van der Waals surface area contributed by atoms with E-state index in [2.05, 4.69) is 4.90 Å². The first kappa shape index (κ1) is 15.0. The molecule has 116 valence electrons. The highest BCUT2D eigenvalue weighted by molar-refractivity contribution is 5.13. The summed E-state index contributed by atoms with van der Waals surface area (Å²) in [5, 5.41) is 10.2. The summed E-state index contributed by atoms with van der Waals surface area (Å²) in [7, 11) is 0. The van der Waals surface area contributed by atoms with E-state index in [1.165, 1.54) is 19.3 Å². The molecule has 1 N–H and O–H groups in total. The van der Waals surface area contributed by atoms with Crippen LogP contribution in [-0.4, -0.2) is 54.6 Å². The number of hydrogen-bond acceptors (Lipinski definition) is 4. The monoisotopic (exact) mass is 291 g/mol. The van der Waals surface area contributed by atoms with Crippen LogP contribution in [0.1, 0.15) is 24.8 Å². The van der Waals surface area contributed by atoms with E-state index in [0.717, 1.165) is 18.7 Å². The second-order valence-electron chi connectivity index (χ2n) is 6.06. The molecule has 21 heavy (non-hydrogen) atoms. The maximum Gasteiger partial charge on any atom is 0.0900 e. The molecule has 0 radical (unpaired) electrons. The standard InChI is InChI=1S/C17H25NO3/c19-15(13-20-12-14-5-2-1-3-6-14)11-18-9-10-21-17-8-4-7-16(17)18/h1-3,5-6,15-17,19H,4,7-13H2. The van der Waals surface area contributed by atoms with E-state index >= 15 is 0 Å². The van der Waals surface area contributed by atoms with Crippen LogP contribution >= 0.6 is 0 Å². The Kier molecular flexibility index (Phi) is 5.25. The Morgan fingerprint density at radius 3 is 3.00 bits per heavy atom. The van der Waals surface area contributed by atoms with Crippen molar-refractivity contribution in [1.82, 2.24) is 4.90 Å². The predicted molar refractivity (Wildman–Crippen MR) is 81.1 cm³/mol. The Bertz CT molecular complexity index is 425. The second-order valence-corrected chi connectivity index (χ2v) is 6.06. The van der Waals surface area contributed by atoms with Crippen molar-refractivity contribution in [3.8, 4) is 0 Å². The van der Waals surface area contributed by atoms with Crippen molar-refractivity contribution in [2.24, 2.45) is 0 Å². The average molecular weight is 291 g/mol. The number of aliphatic hydroxyl groups excluding tert-OH is 1. The summed E-state index contributed by atoms with van der Waals surface area (Å²) in [4.78, 5) is 2.39. The third-order valence-electron chi connectivity index (χ3n) is 4.46. The Hall–Kier alpha value is -0.940. The van der Waals surface area contributed by atoms with Crippen molar-refractivity contribution >= 4 is 0 Å². The van der Waals surface area contributed by atoms with Crippen LogP contribution in [0.25, 0.3) is 0 Å². The zero-order valence-electron chi connectivity index (χ0n) is 12.5. The zero-order chi connectivity index (χ0) is 14.5. The highest BCUT2D eigenvalue weighted by Gasteiger charge is 2.36. The Morgan fingerprint density at radius 1 is 1.29 bits per heavy atom. The molecule has 0 aromatic heterocycles. The number of rotatable bonds is 6. The van der Waals surface area contributed by atoms with Crippen molar-refractivity contribution in [2.45, 2.75) is 44.1 Å². The Labute approximate surface area is 126 Å². The normalized spacial score (nSPS) is 27.5. The molecule has 2 aliphatic rings. The lowest BCUT2D eigenvalue weighted by atomic mass is 10.1. The second kappa shape index (κ2) is 7.36. The van der Waals surface area contributed by atoms with Gasteiger partial charge < -0.3 is 14.6 Å². The molecule has 1 saturated heterocycles. The Morgan fingerprint density at radius 2 is 2.14 bits per heavy atom. The number of hydrogen-bond donors (Lipinski definition) is 1. The summed E-state index contributed by atoms with van der Waals surface area (Å²) < 4.78 is 11.4. The molecule has 1 aromatic carbocycles. The van der Waals surface area contributed by atoms with E-state index in [1.54, 1.807) is 0 Å². The van der Waals surface area contributed by atoms with E-state index in [9.17, 15) is 5.11 Å². The lowest BCUT2D eigenvalue weighted by Crippen LogP contribution is -2.51. The van der Waals surface area contributed by atoms with Crippen LogP contribution in [0, 0.1) is 0 Å². The molecule has 3 rings (SSSR count). The predicted octanol–water partition coefficient (Wildman–Crippen LogP) is 1.82. The molecular formula is C17H25NO3. The van der Waals surface area contributed by atoms with Crippen LogP contribution in [0.3, 0.4) is 0 Å². The molecule has 0 bridgehead atoms. The number of benzene rings is 1. The van der Waals surface area contributed by atoms with E-state index in [4.69, 9.17) is 9.47 Å². The van der Waals surface area contributed by atoms with Crippen LogP contribution in [-0.2, 0) is 16.1 Å². The van der Waals surface area contributed by atoms with Gasteiger partial charge in [-0.25, -0.2) is 0 Å². The minimum absolute atomic E-state index is 0.385. The van der Waals surface area contributed by atoms with Gasteiger partial charge in [0.15, 0.2) is 0 Å². The van der Waals surface area contributed by atoms with Gasteiger partial charge in [0.25, 0.3) is 0 Å². The molecule has 3 unspecified atom stereocenters. The van der Waals surface area contributed by atoms with Gasteiger partial charge in [-0.2, -0.15) is 0 Å². The molecule has 4 nitrogen and oxygen atoms in total. The minimum atomic E-state index is -0.423. The van der Waals surface area contributed by atoms with Crippen molar-refractivity contribution in [2.75, 3.05) is 26.3 Å². The molecule has 0 spiro atoms. The van der Waals surface area contributed by atoms with E-state index < -0.39 is 6.10 Å². The fourth-order valence-electron chi connectivity index (χ4n) is 3.44. The van der Waals surface area contributed by atoms with Gasteiger partial charge in [-0.1, -0.05) is 30.3 Å². The van der Waals surface area contributed by atoms with Gasteiger partial charge in [0.1, 0.15) is 0 Å². The van der Waals surface area contributed by atoms with Crippen molar-refractivity contribution < 1.29 is 14.6 Å². The van der Waals surface area contributed by atoms with Crippen LogP contribution in [0.2, 0.25) is 0 Å². The molecule has 1 aliphatic heterocycles. The molecule has 4 heteroatoms. The van der Waals surface area contributed by atoms with Crippen molar-refractivity contribution in [3.63, 3.8) is 0 Å². The largest absolute Gasteiger partial charge is 0.389 e. The number of β-amino-alcohol motifs (C(OH)–C–C–N with tert-alkyl or cyclic N) is 1. The Balaban J connectivity index is 1.40. The van der Waals surface area contributed by atoms with Gasteiger partial charge in [0, 0.05) is 19.1 Å². The first-order valence-corrected chi connectivity index (χ1v) is 7.98. The average Bonchev–Trinajstić information content (AvgIpc) is 2.98. The molecule has 1 aromatic rings. The number of ether oxygens (including phenoxy) is 2. The zero-order valence-corrected chi connectivity index (χ0v) is 12.5. The fraction of sp³-hybridized carbons (Fsp3) is 0.647. The van der Waals surface area contributed by atoms with E-state index in [0.29, 0.717) is 31.9 Å². The lowest BCUT2D eigenvalue weighted by Gasteiger charge is -2.38. The van der Waals surface area contributed by atoms with Gasteiger partial charge in [0.2, 0.25) is 0 Å². The van der Waals surface area contributed by atoms with Gasteiger partial charge in [-0.05, 0) is 24.8 Å². The van der Waals surface area contributed by atoms with E-state index in [1.807, 2.05) is 30.3 Å². The third-order valence-corrected chi connectivity index (χ3v) is 4.46. The van der Waals surface area contributed by atoms with Crippen LogP contribution in [0.5, 0.6) is 0 Å². The smallest absolute Gasteiger partial charge is 0.0900 e. The topological polar surface area (TPSA) is 41.9 Å². The molecule has 1 heterocycles. The fourth-order valence-corrected chi connectivity index (χ4v) is 3.44. The summed E-state index contributed by atoms with van der Waals surface area (Å²) in [6, 6.07) is 10.6. The van der Waals surface area contributed by atoms with Gasteiger partial charge in [0.05, 0.1) is 32.0 Å². The number of aliphatic hydroxyl groups is 1. The molecule has 0 amide bonds. The summed E-state index contributed by atoms with van der Waals surface area (Å²) >= 11 is 0.